The Morgan fingerprint density at radius 3 is 2.80 bits per heavy atom. The molecule has 134 valence electrons. The molecule has 0 bridgehead atoms. The molecular formula is C16H16F3N3O3. The Balaban J connectivity index is 2.09. The molecular weight excluding hydrogens is 339 g/mol. The largest absolute Gasteiger partial charge is 0.465 e. The van der Waals surface area contributed by atoms with Gasteiger partial charge >= 0.3 is 12.1 Å². The third-order valence-corrected chi connectivity index (χ3v) is 4.25. The molecule has 1 unspecified atom stereocenters. The van der Waals surface area contributed by atoms with E-state index < -0.39 is 23.7 Å². The highest BCUT2D eigenvalue weighted by Gasteiger charge is 2.45. The Labute approximate surface area is 140 Å². The molecule has 2 aromatic rings. The zero-order chi connectivity index (χ0) is 18.2. The van der Waals surface area contributed by atoms with Crippen molar-refractivity contribution in [1.82, 2.24) is 9.97 Å². The summed E-state index contributed by atoms with van der Waals surface area (Å²) in [4.78, 5) is 31.5. The van der Waals surface area contributed by atoms with E-state index in [4.69, 9.17) is 0 Å². The molecule has 1 aliphatic heterocycles. The molecule has 6 nitrogen and oxygen atoms in total. The third-order valence-electron chi connectivity index (χ3n) is 4.25. The molecule has 1 aromatic carbocycles. The van der Waals surface area contributed by atoms with Crippen molar-refractivity contribution < 1.29 is 22.7 Å². The van der Waals surface area contributed by atoms with Crippen LogP contribution in [0.25, 0.3) is 11.0 Å². The first kappa shape index (κ1) is 17.2. The zero-order valence-corrected chi connectivity index (χ0v) is 13.4. The molecule has 1 N–H and O–H groups in total. The van der Waals surface area contributed by atoms with Crippen molar-refractivity contribution in [2.45, 2.75) is 31.5 Å². The van der Waals surface area contributed by atoms with E-state index in [2.05, 4.69) is 14.7 Å². The highest BCUT2D eigenvalue weighted by molar-refractivity contribution is 5.93. The standard InChI is InChI=1S/C16H16F3N3O3/c1-25-15(24)9-5-6-10-11(8-9)20-13(14(23)21-10)22-7-3-2-4-12(22)16(17,18)19/h5-6,8,12H,2-4,7H2,1H3,(H,21,23). The molecule has 0 aliphatic carbocycles. The number of nitrogens with one attached hydrogen (secondary N) is 1. The van der Waals surface area contributed by atoms with E-state index in [-0.39, 0.29) is 29.9 Å². The summed E-state index contributed by atoms with van der Waals surface area (Å²) in [5.74, 6) is -0.876. The third kappa shape index (κ3) is 3.31. The minimum atomic E-state index is -4.45. The van der Waals surface area contributed by atoms with Gasteiger partial charge < -0.3 is 14.6 Å². The van der Waals surface area contributed by atoms with Crippen LogP contribution in [0, 0.1) is 0 Å². The summed E-state index contributed by atoms with van der Waals surface area (Å²) in [6.45, 7) is 0.0997. The molecule has 25 heavy (non-hydrogen) atoms. The van der Waals surface area contributed by atoms with Crippen molar-refractivity contribution in [3.05, 3.63) is 34.1 Å². The molecule has 0 saturated carbocycles. The number of rotatable bonds is 2. The normalized spacial score (nSPS) is 18.4. The fourth-order valence-corrected chi connectivity index (χ4v) is 3.04. The molecule has 1 aliphatic rings. The molecule has 3 rings (SSSR count). The van der Waals surface area contributed by atoms with Gasteiger partial charge in [0.1, 0.15) is 6.04 Å². The van der Waals surface area contributed by atoms with Crippen molar-refractivity contribution in [2.75, 3.05) is 18.6 Å². The van der Waals surface area contributed by atoms with Crippen LogP contribution in [0.1, 0.15) is 29.6 Å². The number of fused-ring (bicyclic) bond motifs is 1. The molecule has 1 fully saturated rings. The van der Waals surface area contributed by atoms with E-state index in [0.717, 1.165) is 4.90 Å². The zero-order valence-electron chi connectivity index (χ0n) is 13.4. The second-order valence-corrected chi connectivity index (χ2v) is 5.86. The number of esters is 1. The number of methoxy groups -OCH3 is 1. The van der Waals surface area contributed by atoms with Crippen molar-refractivity contribution in [1.29, 1.82) is 0 Å². The summed E-state index contributed by atoms with van der Waals surface area (Å²) in [5.41, 5.74) is 0.0759. The highest BCUT2D eigenvalue weighted by Crippen LogP contribution is 2.33. The Bertz CT molecular complexity index is 863. The van der Waals surface area contributed by atoms with Crippen molar-refractivity contribution >= 4 is 22.8 Å². The number of H-pyrrole nitrogens is 1. The van der Waals surface area contributed by atoms with E-state index in [0.29, 0.717) is 18.4 Å². The maximum atomic E-state index is 13.3. The molecule has 0 radical (unpaired) electrons. The van der Waals surface area contributed by atoms with Gasteiger partial charge in [0.05, 0.1) is 23.7 Å². The van der Waals surface area contributed by atoms with Gasteiger partial charge in [0.25, 0.3) is 5.56 Å². The number of piperidine rings is 1. The second kappa shape index (κ2) is 6.38. The lowest BCUT2D eigenvalue weighted by Crippen LogP contribution is -2.50. The van der Waals surface area contributed by atoms with Gasteiger partial charge in [0.2, 0.25) is 0 Å². The van der Waals surface area contributed by atoms with Crippen molar-refractivity contribution in [2.24, 2.45) is 0 Å². The summed E-state index contributed by atoms with van der Waals surface area (Å²) in [5, 5.41) is 0. The predicted molar refractivity (Wildman–Crippen MR) is 84.7 cm³/mol. The van der Waals surface area contributed by atoms with E-state index in [1.165, 1.54) is 25.3 Å². The van der Waals surface area contributed by atoms with Crippen LogP contribution in [0.2, 0.25) is 0 Å². The number of hydrogen-bond donors (Lipinski definition) is 1. The van der Waals surface area contributed by atoms with Crippen LogP contribution in [0.15, 0.2) is 23.0 Å². The molecule has 0 spiro atoms. The van der Waals surface area contributed by atoms with Crippen LogP contribution in [-0.4, -0.2) is 41.8 Å². The number of alkyl halides is 3. The van der Waals surface area contributed by atoms with Gasteiger partial charge in [-0.15, -0.1) is 0 Å². The minimum Gasteiger partial charge on any atom is -0.465 e. The number of aromatic nitrogens is 2. The summed E-state index contributed by atoms with van der Waals surface area (Å²) in [6, 6.07) is 2.56. The predicted octanol–water partition coefficient (Wildman–Crippen LogP) is 2.63. The fraction of sp³-hybridized carbons (Fsp3) is 0.438. The Morgan fingerprint density at radius 2 is 2.12 bits per heavy atom. The number of ether oxygens (including phenoxy) is 1. The van der Waals surface area contributed by atoms with Crippen LogP contribution in [0.5, 0.6) is 0 Å². The van der Waals surface area contributed by atoms with Crippen LogP contribution < -0.4 is 10.5 Å². The van der Waals surface area contributed by atoms with E-state index in [1.807, 2.05) is 0 Å². The topological polar surface area (TPSA) is 75.3 Å². The van der Waals surface area contributed by atoms with Gasteiger partial charge in [-0.25, -0.2) is 9.78 Å². The lowest BCUT2D eigenvalue weighted by Gasteiger charge is -2.37. The summed E-state index contributed by atoms with van der Waals surface area (Å²) >= 11 is 0. The average Bonchev–Trinajstić information content (AvgIpc) is 2.59. The number of aromatic amines is 1. The smallest absolute Gasteiger partial charge is 0.408 e. The number of hydrogen-bond acceptors (Lipinski definition) is 5. The molecule has 1 aromatic heterocycles. The highest BCUT2D eigenvalue weighted by atomic mass is 19.4. The number of carbonyl (C=O) groups excluding carboxylic acids is 1. The quantitative estimate of drug-likeness (QED) is 0.838. The van der Waals surface area contributed by atoms with Gasteiger partial charge in [0.15, 0.2) is 5.82 Å². The maximum absolute atomic E-state index is 13.3. The number of carbonyl (C=O) groups is 1. The van der Waals surface area contributed by atoms with Crippen LogP contribution >= 0.6 is 0 Å². The van der Waals surface area contributed by atoms with Gasteiger partial charge in [-0.05, 0) is 37.5 Å². The Morgan fingerprint density at radius 1 is 1.36 bits per heavy atom. The number of nitrogens with zero attached hydrogens (tertiary/aromatic N) is 2. The maximum Gasteiger partial charge on any atom is 0.408 e. The SMILES string of the molecule is COC(=O)c1ccc2[nH]c(=O)c(N3CCCCC3C(F)(F)F)nc2c1. The molecule has 1 atom stereocenters. The number of halogens is 3. The Kier molecular flexibility index (Phi) is 4.40. The van der Waals surface area contributed by atoms with Gasteiger partial charge in [0, 0.05) is 6.54 Å². The molecule has 9 heteroatoms. The first-order valence-corrected chi connectivity index (χ1v) is 7.77. The lowest BCUT2D eigenvalue weighted by atomic mass is 10.0. The average molecular weight is 355 g/mol. The van der Waals surface area contributed by atoms with Gasteiger partial charge in [-0.3, -0.25) is 4.79 Å². The second-order valence-electron chi connectivity index (χ2n) is 5.86. The number of anilines is 1. The Hall–Kier alpha value is -2.58. The van der Waals surface area contributed by atoms with E-state index >= 15 is 0 Å². The lowest BCUT2D eigenvalue weighted by molar-refractivity contribution is -0.152. The fourth-order valence-electron chi connectivity index (χ4n) is 3.04. The summed E-state index contributed by atoms with van der Waals surface area (Å²) < 4.78 is 44.5. The van der Waals surface area contributed by atoms with E-state index in [9.17, 15) is 22.8 Å². The van der Waals surface area contributed by atoms with Gasteiger partial charge in [-0.2, -0.15) is 13.2 Å². The first-order chi connectivity index (χ1) is 11.8. The first-order valence-electron chi connectivity index (χ1n) is 7.77. The summed E-state index contributed by atoms with van der Waals surface area (Å²) in [6.07, 6.45) is -3.53. The van der Waals surface area contributed by atoms with Crippen molar-refractivity contribution in [3.8, 4) is 0 Å². The van der Waals surface area contributed by atoms with Gasteiger partial charge in [-0.1, -0.05) is 0 Å². The minimum absolute atomic E-state index is 0.0785. The number of benzene rings is 1. The molecule has 2 heterocycles. The van der Waals surface area contributed by atoms with Crippen molar-refractivity contribution in [3.63, 3.8) is 0 Å². The molecule has 1 saturated heterocycles. The van der Waals surface area contributed by atoms with Crippen LogP contribution in [-0.2, 0) is 4.74 Å². The monoisotopic (exact) mass is 355 g/mol. The molecule has 0 amide bonds. The summed E-state index contributed by atoms with van der Waals surface area (Å²) in [7, 11) is 1.22. The van der Waals surface area contributed by atoms with Crippen LogP contribution in [0.4, 0.5) is 19.0 Å². The van der Waals surface area contributed by atoms with Crippen LogP contribution in [0.3, 0.4) is 0 Å². The van der Waals surface area contributed by atoms with E-state index in [1.54, 1.807) is 0 Å².